The Morgan fingerprint density at radius 2 is 1.91 bits per heavy atom. The molecule has 1 atom stereocenters. The van der Waals surface area contributed by atoms with Crippen LogP contribution in [0.25, 0.3) is 0 Å². The molecular formula is C17H16FNO3S. The van der Waals surface area contributed by atoms with E-state index in [1.54, 1.807) is 32.4 Å². The Bertz CT molecular complexity index is 765. The van der Waals surface area contributed by atoms with Gasteiger partial charge in [0.1, 0.15) is 11.2 Å². The molecule has 6 heteroatoms. The summed E-state index contributed by atoms with van der Waals surface area (Å²) < 4.78 is 24.4. The van der Waals surface area contributed by atoms with E-state index in [-0.39, 0.29) is 5.91 Å². The van der Waals surface area contributed by atoms with Gasteiger partial charge in [-0.15, -0.1) is 12.6 Å². The minimum Gasteiger partial charge on any atom is -0.493 e. The van der Waals surface area contributed by atoms with Crippen molar-refractivity contribution in [3.63, 3.8) is 0 Å². The summed E-state index contributed by atoms with van der Waals surface area (Å²) in [6.07, 6.45) is 0. The van der Waals surface area contributed by atoms with Crippen molar-refractivity contribution < 1.29 is 18.7 Å². The largest absolute Gasteiger partial charge is 0.493 e. The van der Waals surface area contributed by atoms with Crippen LogP contribution in [0.3, 0.4) is 0 Å². The highest BCUT2D eigenvalue weighted by Crippen LogP contribution is 2.39. The fraction of sp³-hybridized carbons (Fsp3) is 0.235. The second kappa shape index (κ2) is 6.12. The van der Waals surface area contributed by atoms with Crippen LogP contribution in [-0.4, -0.2) is 25.0 Å². The normalized spacial score (nSPS) is 16.4. The number of methoxy groups -OCH3 is 2. The summed E-state index contributed by atoms with van der Waals surface area (Å²) in [5, 5.41) is -0.605. The third kappa shape index (κ3) is 2.63. The SMILES string of the molecule is COc1ccc(CN2C(=O)c3cccc(F)c3C2S)cc1OC. The Kier molecular flexibility index (Phi) is 4.17. The lowest BCUT2D eigenvalue weighted by atomic mass is 10.1. The molecule has 0 bridgehead atoms. The minimum atomic E-state index is -0.605. The number of ether oxygens (including phenoxy) is 2. The first-order valence-electron chi connectivity index (χ1n) is 7.05. The van der Waals surface area contributed by atoms with Gasteiger partial charge in [-0.3, -0.25) is 4.79 Å². The van der Waals surface area contributed by atoms with Gasteiger partial charge in [0.25, 0.3) is 5.91 Å². The predicted octanol–water partition coefficient (Wildman–Crippen LogP) is 3.43. The van der Waals surface area contributed by atoms with Crippen molar-refractivity contribution in [1.82, 2.24) is 4.90 Å². The molecule has 0 spiro atoms. The van der Waals surface area contributed by atoms with Gasteiger partial charge in [-0.05, 0) is 29.8 Å². The molecule has 1 aliphatic heterocycles. The quantitative estimate of drug-likeness (QED) is 0.871. The number of benzene rings is 2. The summed E-state index contributed by atoms with van der Waals surface area (Å²) >= 11 is 4.42. The van der Waals surface area contributed by atoms with Crippen molar-refractivity contribution in [3.05, 3.63) is 58.9 Å². The predicted molar refractivity (Wildman–Crippen MR) is 87.5 cm³/mol. The van der Waals surface area contributed by atoms with Gasteiger partial charge in [0.2, 0.25) is 0 Å². The monoisotopic (exact) mass is 333 g/mol. The van der Waals surface area contributed by atoms with E-state index in [0.29, 0.717) is 29.2 Å². The number of amides is 1. The van der Waals surface area contributed by atoms with Crippen molar-refractivity contribution in [3.8, 4) is 11.5 Å². The lowest BCUT2D eigenvalue weighted by molar-refractivity contribution is 0.0762. The van der Waals surface area contributed by atoms with Gasteiger partial charge in [0.15, 0.2) is 11.5 Å². The number of fused-ring (bicyclic) bond motifs is 1. The first kappa shape index (κ1) is 15.7. The van der Waals surface area contributed by atoms with Crippen molar-refractivity contribution in [2.24, 2.45) is 0 Å². The van der Waals surface area contributed by atoms with E-state index in [9.17, 15) is 9.18 Å². The number of thiol groups is 1. The molecule has 0 aromatic heterocycles. The molecule has 1 aliphatic rings. The van der Waals surface area contributed by atoms with Crippen LogP contribution < -0.4 is 9.47 Å². The molecule has 23 heavy (non-hydrogen) atoms. The second-order valence-electron chi connectivity index (χ2n) is 5.20. The Morgan fingerprint density at radius 3 is 2.57 bits per heavy atom. The fourth-order valence-corrected chi connectivity index (χ4v) is 3.19. The van der Waals surface area contributed by atoms with Gasteiger partial charge in [0.05, 0.1) is 14.2 Å². The molecule has 0 aliphatic carbocycles. The smallest absolute Gasteiger partial charge is 0.255 e. The van der Waals surface area contributed by atoms with E-state index in [4.69, 9.17) is 9.47 Å². The number of carbonyl (C=O) groups is 1. The number of carbonyl (C=O) groups excluding carboxylic acids is 1. The van der Waals surface area contributed by atoms with Gasteiger partial charge in [-0.1, -0.05) is 12.1 Å². The van der Waals surface area contributed by atoms with Gasteiger partial charge < -0.3 is 14.4 Å². The van der Waals surface area contributed by atoms with Crippen LogP contribution in [0.1, 0.15) is 26.9 Å². The third-order valence-corrected chi connectivity index (χ3v) is 4.44. The minimum absolute atomic E-state index is 0.228. The van der Waals surface area contributed by atoms with Crippen LogP contribution in [0, 0.1) is 5.82 Å². The van der Waals surface area contributed by atoms with Crippen LogP contribution in [-0.2, 0) is 6.54 Å². The molecule has 1 heterocycles. The maximum atomic E-state index is 14.0. The van der Waals surface area contributed by atoms with Crippen molar-refractivity contribution in [1.29, 1.82) is 0 Å². The number of halogens is 1. The van der Waals surface area contributed by atoms with Crippen molar-refractivity contribution in [2.45, 2.75) is 11.9 Å². The standard InChI is InChI=1S/C17H16FNO3S/c1-21-13-7-6-10(8-14(13)22-2)9-19-16(20)11-4-3-5-12(18)15(11)17(19)23/h3-8,17,23H,9H2,1-2H3. The fourth-order valence-electron chi connectivity index (χ4n) is 2.74. The molecule has 3 rings (SSSR count). The molecule has 4 nitrogen and oxygen atoms in total. The summed E-state index contributed by atoms with van der Waals surface area (Å²) in [5.41, 5.74) is 1.55. The number of hydrogen-bond donors (Lipinski definition) is 1. The average molecular weight is 333 g/mol. The molecular weight excluding hydrogens is 317 g/mol. The highest BCUT2D eigenvalue weighted by Gasteiger charge is 2.36. The zero-order valence-electron chi connectivity index (χ0n) is 12.7. The van der Waals surface area contributed by atoms with Crippen LogP contribution in [0.2, 0.25) is 0 Å². The third-order valence-electron chi connectivity index (χ3n) is 3.90. The molecule has 120 valence electrons. The number of hydrogen-bond acceptors (Lipinski definition) is 4. The van der Waals surface area contributed by atoms with Gasteiger partial charge in [0, 0.05) is 17.7 Å². The summed E-state index contributed by atoms with van der Waals surface area (Å²) in [6.45, 7) is 0.307. The maximum absolute atomic E-state index is 14.0. The Hall–Kier alpha value is -2.21. The molecule has 1 amide bonds. The molecule has 0 fully saturated rings. The molecule has 1 unspecified atom stereocenters. The summed E-state index contributed by atoms with van der Waals surface area (Å²) in [6, 6.07) is 9.91. The molecule has 2 aromatic carbocycles. The highest BCUT2D eigenvalue weighted by molar-refractivity contribution is 7.80. The van der Waals surface area contributed by atoms with E-state index in [0.717, 1.165) is 5.56 Å². The van der Waals surface area contributed by atoms with Crippen molar-refractivity contribution in [2.75, 3.05) is 14.2 Å². The number of nitrogens with zero attached hydrogens (tertiary/aromatic N) is 1. The van der Waals surface area contributed by atoms with Crippen molar-refractivity contribution >= 4 is 18.5 Å². The number of rotatable bonds is 4. The molecule has 0 saturated heterocycles. The zero-order valence-corrected chi connectivity index (χ0v) is 13.6. The topological polar surface area (TPSA) is 38.8 Å². The first-order chi connectivity index (χ1) is 11.1. The van der Waals surface area contributed by atoms with Crippen LogP contribution in [0.15, 0.2) is 36.4 Å². The van der Waals surface area contributed by atoms with Crippen LogP contribution in [0.4, 0.5) is 4.39 Å². The van der Waals surface area contributed by atoms with Gasteiger partial charge in [-0.2, -0.15) is 0 Å². The first-order valence-corrected chi connectivity index (χ1v) is 7.56. The van der Waals surface area contributed by atoms with E-state index < -0.39 is 11.2 Å². The molecule has 2 aromatic rings. The Balaban J connectivity index is 1.90. The zero-order chi connectivity index (χ0) is 16.6. The summed E-state index contributed by atoms with van der Waals surface area (Å²) in [7, 11) is 3.11. The molecule has 0 N–H and O–H groups in total. The Morgan fingerprint density at radius 1 is 1.17 bits per heavy atom. The van der Waals surface area contributed by atoms with Gasteiger partial charge in [-0.25, -0.2) is 4.39 Å². The molecule has 0 saturated carbocycles. The maximum Gasteiger partial charge on any atom is 0.255 e. The average Bonchev–Trinajstić information content (AvgIpc) is 2.80. The van der Waals surface area contributed by atoms with Gasteiger partial charge >= 0.3 is 0 Å². The lowest BCUT2D eigenvalue weighted by Gasteiger charge is -2.22. The Labute approximate surface area is 139 Å². The van der Waals surface area contributed by atoms with E-state index >= 15 is 0 Å². The second-order valence-corrected chi connectivity index (χ2v) is 5.69. The summed E-state index contributed by atoms with van der Waals surface area (Å²) in [4.78, 5) is 14.0. The van der Waals surface area contributed by atoms with E-state index in [1.165, 1.54) is 17.0 Å². The molecule has 0 radical (unpaired) electrons. The lowest BCUT2D eigenvalue weighted by Crippen LogP contribution is -2.25. The summed E-state index contributed by atoms with van der Waals surface area (Å²) in [5.74, 6) is 0.553. The van der Waals surface area contributed by atoms with E-state index in [2.05, 4.69) is 12.6 Å². The highest BCUT2D eigenvalue weighted by atomic mass is 32.1. The van der Waals surface area contributed by atoms with Crippen LogP contribution in [0.5, 0.6) is 11.5 Å². The van der Waals surface area contributed by atoms with Crippen LogP contribution >= 0.6 is 12.6 Å². The van der Waals surface area contributed by atoms with E-state index in [1.807, 2.05) is 6.07 Å².